The lowest BCUT2D eigenvalue weighted by Gasteiger charge is -2.09. The highest BCUT2D eigenvalue weighted by molar-refractivity contribution is 5.60. The molecule has 0 amide bonds. The largest absolute Gasteiger partial charge is 0.373 e. The minimum absolute atomic E-state index is 0.0175. The third-order valence-electron chi connectivity index (χ3n) is 1.73. The lowest BCUT2D eigenvalue weighted by Crippen LogP contribution is -2.12. The molecule has 1 aromatic heterocycles. The molecule has 5 nitrogen and oxygen atoms in total. The van der Waals surface area contributed by atoms with Crippen molar-refractivity contribution in [3.63, 3.8) is 0 Å². The summed E-state index contributed by atoms with van der Waals surface area (Å²) in [5, 5.41) is 13.5. The van der Waals surface area contributed by atoms with E-state index in [1.54, 1.807) is 12.1 Å². The number of pyridine rings is 1. The van der Waals surface area contributed by atoms with Gasteiger partial charge in [-0.25, -0.2) is 0 Å². The predicted molar refractivity (Wildman–Crippen MR) is 54.2 cm³/mol. The Hall–Kier alpha value is -1.91. The highest BCUT2D eigenvalue weighted by Crippen LogP contribution is 2.22. The van der Waals surface area contributed by atoms with Crippen molar-refractivity contribution >= 4 is 11.4 Å². The van der Waals surface area contributed by atoms with E-state index in [1.165, 1.54) is 12.4 Å². The van der Waals surface area contributed by atoms with E-state index in [2.05, 4.69) is 16.9 Å². The van der Waals surface area contributed by atoms with Gasteiger partial charge in [-0.1, -0.05) is 6.08 Å². The smallest absolute Gasteiger partial charge is 0.310 e. The summed E-state index contributed by atoms with van der Waals surface area (Å²) in [6, 6.07) is 1.55. The summed E-state index contributed by atoms with van der Waals surface area (Å²) in [5.41, 5.74) is 0.429. The number of aromatic nitrogens is 1. The van der Waals surface area contributed by atoms with Crippen molar-refractivity contribution in [3.05, 3.63) is 41.2 Å². The van der Waals surface area contributed by atoms with E-state index in [4.69, 9.17) is 0 Å². The summed E-state index contributed by atoms with van der Waals surface area (Å²) >= 11 is 0. The molecule has 0 aromatic carbocycles. The topological polar surface area (TPSA) is 68.1 Å². The quantitative estimate of drug-likeness (QED) is 0.451. The Balaban J connectivity index is 2.95. The van der Waals surface area contributed by atoms with Gasteiger partial charge in [0, 0.05) is 12.2 Å². The van der Waals surface area contributed by atoms with Crippen molar-refractivity contribution < 1.29 is 4.92 Å². The molecule has 14 heavy (non-hydrogen) atoms. The van der Waals surface area contributed by atoms with Gasteiger partial charge >= 0.3 is 5.69 Å². The Bertz CT molecular complexity index is 352. The first-order valence-corrected chi connectivity index (χ1v) is 4.12. The average Bonchev–Trinajstić information content (AvgIpc) is 2.18. The van der Waals surface area contributed by atoms with Crippen molar-refractivity contribution in [3.8, 4) is 0 Å². The summed E-state index contributed by atoms with van der Waals surface area (Å²) in [4.78, 5) is 13.8. The standard InChI is InChI=1S/C9H11N3O2/c1-3-7(2)11-8-4-5-10-6-9(8)12(13)14/h3-7H,1H2,2H3,(H,10,11). The number of hydrogen-bond acceptors (Lipinski definition) is 4. The van der Waals surface area contributed by atoms with Crippen LogP contribution in [0.5, 0.6) is 0 Å². The third-order valence-corrected chi connectivity index (χ3v) is 1.73. The van der Waals surface area contributed by atoms with Gasteiger partial charge in [-0.3, -0.25) is 15.1 Å². The van der Waals surface area contributed by atoms with Crippen molar-refractivity contribution in [2.24, 2.45) is 0 Å². The Kier molecular flexibility index (Phi) is 3.17. The second kappa shape index (κ2) is 4.36. The molecule has 1 atom stereocenters. The van der Waals surface area contributed by atoms with Crippen LogP contribution in [-0.2, 0) is 0 Å². The fourth-order valence-corrected chi connectivity index (χ4v) is 0.958. The van der Waals surface area contributed by atoms with Crippen LogP contribution in [0.25, 0.3) is 0 Å². The number of nitro groups is 1. The lowest BCUT2D eigenvalue weighted by molar-refractivity contribution is -0.384. The lowest BCUT2D eigenvalue weighted by atomic mass is 10.3. The van der Waals surface area contributed by atoms with Gasteiger partial charge in [-0.2, -0.15) is 0 Å². The molecule has 1 heterocycles. The number of rotatable bonds is 4. The van der Waals surface area contributed by atoms with Crippen LogP contribution in [0.3, 0.4) is 0 Å². The molecule has 0 fully saturated rings. The first-order valence-electron chi connectivity index (χ1n) is 4.12. The van der Waals surface area contributed by atoms with Crippen LogP contribution in [-0.4, -0.2) is 15.9 Å². The van der Waals surface area contributed by atoms with Crippen LogP contribution in [0.4, 0.5) is 11.4 Å². The van der Waals surface area contributed by atoms with Gasteiger partial charge in [0.05, 0.1) is 4.92 Å². The average molecular weight is 193 g/mol. The molecule has 0 aliphatic heterocycles. The normalized spacial score (nSPS) is 11.8. The molecule has 1 rings (SSSR count). The maximum Gasteiger partial charge on any atom is 0.310 e. The van der Waals surface area contributed by atoms with Gasteiger partial charge in [0.25, 0.3) is 0 Å². The zero-order chi connectivity index (χ0) is 10.6. The molecule has 1 N–H and O–H groups in total. The van der Waals surface area contributed by atoms with E-state index < -0.39 is 4.92 Å². The second-order valence-corrected chi connectivity index (χ2v) is 2.82. The fraction of sp³-hybridized carbons (Fsp3) is 0.222. The maximum absolute atomic E-state index is 10.6. The number of nitrogens with one attached hydrogen (secondary N) is 1. The van der Waals surface area contributed by atoms with E-state index in [9.17, 15) is 10.1 Å². The molecule has 5 heteroatoms. The van der Waals surface area contributed by atoms with Crippen LogP contribution in [0, 0.1) is 10.1 Å². The molecule has 0 aliphatic rings. The Labute approximate surface area is 81.6 Å². The predicted octanol–water partition coefficient (Wildman–Crippen LogP) is 1.98. The van der Waals surface area contributed by atoms with E-state index in [0.29, 0.717) is 5.69 Å². The van der Waals surface area contributed by atoms with Crippen LogP contribution in [0.2, 0.25) is 0 Å². The van der Waals surface area contributed by atoms with Crippen LogP contribution in [0.1, 0.15) is 6.92 Å². The second-order valence-electron chi connectivity index (χ2n) is 2.82. The Morgan fingerprint density at radius 2 is 2.50 bits per heavy atom. The van der Waals surface area contributed by atoms with Crippen LogP contribution in [0.15, 0.2) is 31.1 Å². The highest BCUT2D eigenvalue weighted by atomic mass is 16.6. The fourth-order valence-electron chi connectivity index (χ4n) is 0.958. The van der Waals surface area contributed by atoms with Crippen LogP contribution >= 0.6 is 0 Å². The molecule has 0 bridgehead atoms. The molecular weight excluding hydrogens is 182 g/mol. The van der Waals surface area contributed by atoms with Gasteiger partial charge in [-0.15, -0.1) is 6.58 Å². The molecular formula is C9H11N3O2. The Morgan fingerprint density at radius 1 is 1.79 bits per heavy atom. The number of nitrogens with zero attached hydrogens (tertiary/aromatic N) is 2. The molecule has 0 spiro atoms. The van der Waals surface area contributed by atoms with Gasteiger partial charge < -0.3 is 5.32 Å². The van der Waals surface area contributed by atoms with Gasteiger partial charge in [0.2, 0.25) is 0 Å². The number of hydrogen-bond donors (Lipinski definition) is 1. The van der Waals surface area contributed by atoms with Crippen molar-refractivity contribution in [2.75, 3.05) is 5.32 Å². The van der Waals surface area contributed by atoms with Gasteiger partial charge in [-0.05, 0) is 13.0 Å². The zero-order valence-electron chi connectivity index (χ0n) is 7.80. The Morgan fingerprint density at radius 3 is 3.07 bits per heavy atom. The summed E-state index contributed by atoms with van der Waals surface area (Å²) in [5.74, 6) is 0. The third kappa shape index (κ3) is 2.29. The molecule has 0 radical (unpaired) electrons. The minimum Gasteiger partial charge on any atom is -0.373 e. The van der Waals surface area contributed by atoms with Crippen molar-refractivity contribution in [1.29, 1.82) is 0 Å². The summed E-state index contributed by atoms with van der Waals surface area (Å²) < 4.78 is 0. The van der Waals surface area contributed by atoms with E-state index in [1.807, 2.05) is 6.92 Å². The molecule has 1 unspecified atom stereocenters. The highest BCUT2D eigenvalue weighted by Gasteiger charge is 2.13. The maximum atomic E-state index is 10.6. The minimum atomic E-state index is -0.467. The molecule has 74 valence electrons. The molecule has 0 aliphatic carbocycles. The summed E-state index contributed by atoms with van der Waals surface area (Å²) in [6.07, 6.45) is 4.40. The zero-order valence-corrected chi connectivity index (χ0v) is 7.80. The molecule has 0 saturated heterocycles. The van der Waals surface area contributed by atoms with Crippen molar-refractivity contribution in [2.45, 2.75) is 13.0 Å². The van der Waals surface area contributed by atoms with E-state index >= 15 is 0 Å². The SMILES string of the molecule is C=CC(C)Nc1ccncc1[N+](=O)[O-]. The molecule has 1 aromatic rings. The number of anilines is 1. The first kappa shape index (κ1) is 10.2. The molecule has 0 saturated carbocycles. The first-order chi connectivity index (χ1) is 6.65. The van der Waals surface area contributed by atoms with Crippen LogP contribution < -0.4 is 5.32 Å². The van der Waals surface area contributed by atoms with E-state index in [-0.39, 0.29) is 11.7 Å². The monoisotopic (exact) mass is 193 g/mol. The van der Waals surface area contributed by atoms with Gasteiger partial charge in [0.15, 0.2) is 0 Å². The summed E-state index contributed by atoms with van der Waals surface area (Å²) in [6.45, 7) is 5.44. The van der Waals surface area contributed by atoms with Gasteiger partial charge in [0.1, 0.15) is 11.9 Å². The van der Waals surface area contributed by atoms with E-state index in [0.717, 1.165) is 0 Å². The summed E-state index contributed by atoms with van der Waals surface area (Å²) in [7, 11) is 0. The van der Waals surface area contributed by atoms with Crippen molar-refractivity contribution in [1.82, 2.24) is 4.98 Å².